The van der Waals surface area contributed by atoms with Crippen LogP contribution in [-0.2, 0) is 0 Å². The monoisotopic (exact) mass is 274 g/mol. The highest BCUT2D eigenvalue weighted by Crippen LogP contribution is 2.34. The van der Waals surface area contributed by atoms with Crippen LogP contribution in [0.4, 0.5) is 11.6 Å². The van der Waals surface area contributed by atoms with Gasteiger partial charge in [-0.2, -0.15) is 5.10 Å². The van der Waals surface area contributed by atoms with E-state index in [0.29, 0.717) is 17.5 Å². The van der Waals surface area contributed by atoms with Crippen LogP contribution in [0, 0.1) is 0 Å². The molecule has 3 heterocycles. The van der Waals surface area contributed by atoms with Crippen LogP contribution in [0.5, 0.6) is 5.75 Å². The Morgan fingerprint density at radius 2 is 2.15 bits per heavy atom. The largest absolute Gasteiger partial charge is 0.490 e. The molecule has 2 aromatic rings. The first-order chi connectivity index (χ1) is 9.79. The lowest BCUT2D eigenvalue weighted by atomic mass is 9.94. The van der Waals surface area contributed by atoms with Crippen LogP contribution in [0.2, 0.25) is 0 Å². The molecule has 0 bridgehead atoms. The second-order valence-corrected chi connectivity index (χ2v) is 4.89. The molecule has 0 radical (unpaired) electrons. The molecule has 7 nitrogen and oxygen atoms in total. The fourth-order valence-corrected chi connectivity index (χ4v) is 2.69. The van der Waals surface area contributed by atoms with Crippen molar-refractivity contribution in [1.82, 2.24) is 20.2 Å². The standard InChI is InChI=1S/C13H18N6O/c1-20-11-12(14)15-8-16-13(11)19-6-3-9(4-7-19)10-2-5-17-18-10/h2,5,8-9H,3-4,6-7H2,1H3,(H,17,18)(H2,14,15,16). The maximum Gasteiger partial charge on any atom is 0.204 e. The second-order valence-electron chi connectivity index (χ2n) is 4.89. The third-order valence-corrected chi connectivity index (χ3v) is 3.77. The van der Waals surface area contributed by atoms with Crippen molar-refractivity contribution in [3.8, 4) is 5.75 Å². The molecule has 2 aromatic heterocycles. The zero-order valence-corrected chi connectivity index (χ0v) is 11.4. The lowest BCUT2D eigenvalue weighted by Gasteiger charge is -2.32. The van der Waals surface area contributed by atoms with Gasteiger partial charge in [-0.15, -0.1) is 0 Å². The Labute approximate surface area is 117 Å². The average molecular weight is 274 g/mol. The lowest BCUT2D eigenvalue weighted by molar-refractivity contribution is 0.408. The zero-order valence-electron chi connectivity index (χ0n) is 11.4. The first-order valence-corrected chi connectivity index (χ1v) is 6.68. The number of nitrogens with one attached hydrogen (secondary N) is 1. The predicted molar refractivity (Wildman–Crippen MR) is 75.8 cm³/mol. The maximum atomic E-state index is 5.83. The van der Waals surface area contributed by atoms with Gasteiger partial charge in [0, 0.05) is 30.9 Å². The number of hydrogen-bond acceptors (Lipinski definition) is 6. The highest BCUT2D eigenvalue weighted by Gasteiger charge is 2.25. The van der Waals surface area contributed by atoms with Crippen molar-refractivity contribution >= 4 is 11.6 Å². The Hall–Kier alpha value is -2.31. The quantitative estimate of drug-likeness (QED) is 0.873. The number of ether oxygens (including phenoxy) is 1. The molecule has 1 aliphatic rings. The topological polar surface area (TPSA) is 92.9 Å². The third kappa shape index (κ3) is 2.26. The minimum Gasteiger partial charge on any atom is -0.490 e. The van der Waals surface area contributed by atoms with Gasteiger partial charge >= 0.3 is 0 Å². The van der Waals surface area contributed by atoms with Crippen LogP contribution in [0.1, 0.15) is 24.5 Å². The van der Waals surface area contributed by atoms with Gasteiger partial charge in [-0.05, 0) is 18.9 Å². The van der Waals surface area contributed by atoms with Crippen LogP contribution < -0.4 is 15.4 Å². The molecule has 1 saturated heterocycles. The number of H-pyrrole nitrogens is 1. The summed E-state index contributed by atoms with van der Waals surface area (Å²) in [6, 6.07) is 2.05. The molecule has 1 aliphatic heterocycles. The van der Waals surface area contributed by atoms with Gasteiger partial charge in [-0.1, -0.05) is 0 Å². The Balaban J connectivity index is 1.74. The summed E-state index contributed by atoms with van der Waals surface area (Å²) in [7, 11) is 1.59. The van der Waals surface area contributed by atoms with Gasteiger partial charge in [0.25, 0.3) is 0 Å². The number of nitrogen functional groups attached to an aromatic ring is 1. The van der Waals surface area contributed by atoms with E-state index in [1.165, 1.54) is 12.0 Å². The molecular weight excluding hydrogens is 256 g/mol. The normalized spacial score (nSPS) is 16.4. The molecule has 0 spiro atoms. The van der Waals surface area contributed by atoms with Crippen LogP contribution in [0.15, 0.2) is 18.6 Å². The van der Waals surface area contributed by atoms with Crippen LogP contribution in [0.25, 0.3) is 0 Å². The van der Waals surface area contributed by atoms with E-state index in [4.69, 9.17) is 10.5 Å². The van der Waals surface area contributed by atoms with Crippen LogP contribution in [0.3, 0.4) is 0 Å². The van der Waals surface area contributed by atoms with Crippen LogP contribution in [-0.4, -0.2) is 40.4 Å². The third-order valence-electron chi connectivity index (χ3n) is 3.77. The summed E-state index contributed by atoms with van der Waals surface area (Å²) in [5.74, 6) is 2.25. The summed E-state index contributed by atoms with van der Waals surface area (Å²) < 4.78 is 5.32. The van der Waals surface area contributed by atoms with Gasteiger partial charge in [0.05, 0.1) is 7.11 Å². The molecule has 7 heteroatoms. The number of nitrogens with zero attached hydrogens (tertiary/aromatic N) is 4. The first-order valence-electron chi connectivity index (χ1n) is 6.68. The van der Waals surface area contributed by atoms with Crippen molar-refractivity contribution in [1.29, 1.82) is 0 Å². The van der Waals surface area contributed by atoms with Crippen molar-refractivity contribution in [3.05, 3.63) is 24.3 Å². The van der Waals surface area contributed by atoms with Gasteiger partial charge in [0.2, 0.25) is 5.75 Å². The Kier molecular flexibility index (Phi) is 3.41. The summed E-state index contributed by atoms with van der Waals surface area (Å²) in [4.78, 5) is 10.5. The van der Waals surface area contributed by atoms with Gasteiger partial charge in [-0.25, -0.2) is 9.97 Å². The highest BCUT2D eigenvalue weighted by atomic mass is 16.5. The van der Waals surface area contributed by atoms with Crippen molar-refractivity contribution in [2.75, 3.05) is 30.8 Å². The van der Waals surface area contributed by atoms with Crippen LogP contribution >= 0.6 is 0 Å². The molecule has 0 aromatic carbocycles. The van der Waals surface area contributed by atoms with E-state index < -0.39 is 0 Å². The van der Waals surface area contributed by atoms with Crippen molar-refractivity contribution < 1.29 is 4.74 Å². The molecule has 3 N–H and O–H groups in total. The number of aromatic amines is 1. The fraction of sp³-hybridized carbons (Fsp3) is 0.462. The number of hydrogen-bond donors (Lipinski definition) is 2. The van der Waals surface area contributed by atoms with E-state index in [1.807, 2.05) is 6.07 Å². The van der Waals surface area contributed by atoms with E-state index in [9.17, 15) is 0 Å². The molecule has 0 aliphatic carbocycles. The fourth-order valence-electron chi connectivity index (χ4n) is 2.69. The zero-order chi connectivity index (χ0) is 13.9. The second kappa shape index (κ2) is 5.36. The molecule has 20 heavy (non-hydrogen) atoms. The molecule has 0 atom stereocenters. The minimum absolute atomic E-state index is 0.383. The van der Waals surface area contributed by atoms with Crippen molar-refractivity contribution in [2.24, 2.45) is 0 Å². The summed E-state index contributed by atoms with van der Waals surface area (Å²) in [5, 5.41) is 7.07. The maximum absolute atomic E-state index is 5.83. The van der Waals surface area contributed by atoms with E-state index in [1.54, 1.807) is 13.3 Å². The number of rotatable bonds is 3. The molecule has 0 saturated carbocycles. The van der Waals surface area contributed by atoms with Gasteiger partial charge in [0.15, 0.2) is 11.6 Å². The summed E-state index contributed by atoms with van der Waals surface area (Å²) in [6.07, 6.45) is 5.38. The van der Waals surface area contributed by atoms with E-state index in [-0.39, 0.29) is 0 Å². The summed E-state index contributed by atoms with van der Waals surface area (Å²) >= 11 is 0. The van der Waals surface area contributed by atoms with Gasteiger partial charge < -0.3 is 15.4 Å². The summed E-state index contributed by atoms with van der Waals surface area (Å²) in [5.41, 5.74) is 7.03. The number of aromatic nitrogens is 4. The number of methoxy groups -OCH3 is 1. The Bertz CT molecular complexity index is 562. The molecule has 1 fully saturated rings. The van der Waals surface area contributed by atoms with E-state index >= 15 is 0 Å². The Morgan fingerprint density at radius 1 is 1.35 bits per heavy atom. The SMILES string of the molecule is COc1c(N)ncnc1N1CCC(c2ccn[nH]2)CC1. The minimum atomic E-state index is 0.383. The highest BCUT2D eigenvalue weighted by molar-refractivity contribution is 5.62. The molecule has 3 rings (SSSR count). The smallest absolute Gasteiger partial charge is 0.204 e. The van der Waals surface area contributed by atoms with Gasteiger partial charge in [-0.3, -0.25) is 5.10 Å². The molecule has 0 unspecified atom stereocenters. The predicted octanol–water partition coefficient (Wildman–Crippen LogP) is 1.17. The average Bonchev–Trinajstić information content (AvgIpc) is 3.01. The van der Waals surface area contributed by atoms with Crippen molar-refractivity contribution in [2.45, 2.75) is 18.8 Å². The molecule has 0 amide bonds. The van der Waals surface area contributed by atoms with Crippen molar-refractivity contribution in [3.63, 3.8) is 0 Å². The number of anilines is 2. The van der Waals surface area contributed by atoms with E-state index in [2.05, 4.69) is 25.1 Å². The van der Waals surface area contributed by atoms with Gasteiger partial charge in [0.1, 0.15) is 6.33 Å². The Morgan fingerprint density at radius 3 is 2.80 bits per heavy atom. The number of piperidine rings is 1. The first kappa shape index (κ1) is 12.7. The molecule has 106 valence electrons. The lowest BCUT2D eigenvalue weighted by Crippen LogP contribution is -2.34. The van der Waals surface area contributed by atoms with E-state index in [0.717, 1.165) is 31.7 Å². The molecular formula is C13H18N6O. The number of nitrogens with two attached hydrogens (primary N) is 1. The summed E-state index contributed by atoms with van der Waals surface area (Å²) in [6.45, 7) is 1.83.